The van der Waals surface area contributed by atoms with Gasteiger partial charge in [-0.3, -0.25) is 4.79 Å². The van der Waals surface area contributed by atoms with Crippen LogP contribution in [-0.2, 0) is 6.54 Å². The number of carbonyl (C=O) groups is 1. The zero-order valence-corrected chi connectivity index (χ0v) is 21.1. The second-order valence-corrected chi connectivity index (χ2v) is 9.17. The molecular formula is C27H34ClN5O. The third-order valence-corrected chi connectivity index (χ3v) is 6.84. The molecule has 2 heterocycles. The fourth-order valence-corrected chi connectivity index (χ4v) is 4.82. The number of anilines is 1. The second kappa shape index (κ2) is 11.1. The number of aryl methyl sites for hydroxylation is 1. The van der Waals surface area contributed by atoms with Gasteiger partial charge in [0.15, 0.2) is 0 Å². The van der Waals surface area contributed by atoms with Gasteiger partial charge in [-0.05, 0) is 44.2 Å². The zero-order valence-electron chi connectivity index (χ0n) is 20.4. The normalized spacial score (nSPS) is 14.4. The fraction of sp³-hybridized carbons (Fsp3) is 0.407. The van der Waals surface area contributed by atoms with Crippen molar-refractivity contribution in [3.8, 4) is 5.69 Å². The molecule has 1 aromatic heterocycles. The molecule has 4 rings (SSSR count). The van der Waals surface area contributed by atoms with Crippen LogP contribution in [0.5, 0.6) is 0 Å². The molecule has 6 nitrogen and oxygen atoms in total. The number of likely N-dealkylation sites (N-methyl/N-ethyl adjacent to an activating group) is 1. The molecule has 1 fully saturated rings. The molecule has 0 atom stereocenters. The first-order chi connectivity index (χ1) is 16.5. The molecule has 7 heteroatoms. The van der Waals surface area contributed by atoms with Gasteiger partial charge in [0, 0.05) is 38.3 Å². The van der Waals surface area contributed by atoms with Gasteiger partial charge in [-0.1, -0.05) is 55.8 Å². The Morgan fingerprint density at radius 1 is 1.00 bits per heavy atom. The first-order valence-corrected chi connectivity index (χ1v) is 12.6. The Bertz CT molecular complexity index is 1110. The highest BCUT2D eigenvalue weighted by molar-refractivity contribution is 6.33. The number of piperazine rings is 1. The van der Waals surface area contributed by atoms with E-state index in [0.717, 1.165) is 61.9 Å². The minimum atomic E-state index is -0.0407. The Hall–Kier alpha value is -2.83. The molecule has 0 saturated carbocycles. The summed E-state index contributed by atoms with van der Waals surface area (Å²) in [5, 5.41) is 5.44. The van der Waals surface area contributed by atoms with E-state index in [9.17, 15) is 4.79 Å². The minimum absolute atomic E-state index is 0.0407. The standard InChI is InChI=1S/C27H34ClN5O/c1-4-15-32(27(34)23-13-9-10-14-25(23)28)20-24-21(3)29-33(22-11-7-6-8-12-22)26(24)31-18-16-30(5-2)17-19-31/h6-14H,4-5,15-20H2,1-3H3. The average molecular weight is 480 g/mol. The lowest BCUT2D eigenvalue weighted by atomic mass is 10.1. The van der Waals surface area contributed by atoms with Gasteiger partial charge in [0.05, 0.1) is 28.5 Å². The Balaban J connectivity index is 1.73. The van der Waals surface area contributed by atoms with Crippen molar-refractivity contribution in [2.75, 3.05) is 44.2 Å². The first kappa shape index (κ1) is 24.3. The number of hydrogen-bond acceptors (Lipinski definition) is 4. The molecule has 0 radical (unpaired) electrons. The van der Waals surface area contributed by atoms with E-state index in [1.807, 2.05) is 42.2 Å². The Morgan fingerprint density at radius 3 is 2.32 bits per heavy atom. The first-order valence-electron chi connectivity index (χ1n) is 12.2. The van der Waals surface area contributed by atoms with Gasteiger partial charge < -0.3 is 14.7 Å². The molecule has 34 heavy (non-hydrogen) atoms. The minimum Gasteiger partial charge on any atom is -0.354 e. The smallest absolute Gasteiger partial charge is 0.255 e. The number of benzene rings is 2. The number of aromatic nitrogens is 2. The number of carbonyl (C=O) groups excluding carboxylic acids is 1. The van der Waals surface area contributed by atoms with Gasteiger partial charge >= 0.3 is 0 Å². The maximum absolute atomic E-state index is 13.5. The number of para-hydroxylation sites is 1. The van der Waals surface area contributed by atoms with E-state index in [1.165, 1.54) is 0 Å². The third-order valence-electron chi connectivity index (χ3n) is 6.51. The molecule has 1 amide bonds. The third kappa shape index (κ3) is 5.13. The number of hydrogen-bond donors (Lipinski definition) is 0. The van der Waals surface area contributed by atoms with Crippen molar-refractivity contribution >= 4 is 23.3 Å². The molecular weight excluding hydrogens is 446 g/mol. The van der Waals surface area contributed by atoms with E-state index < -0.39 is 0 Å². The lowest BCUT2D eigenvalue weighted by Crippen LogP contribution is -2.47. The molecule has 1 aliphatic heterocycles. The highest BCUT2D eigenvalue weighted by Gasteiger charge is 2.28. The van der Waals surface area contributed by atoms with Gasteiger partial charge in [0.2, 0.25) is 0 Å². The number of nitrogens with zero attached hydrogens (tertiary/aromatic N) is 5. The highest BCUT2D eigenvalue weighted by atomic mass is 35.5. The summed E-state index contributed by atoms with van der Waals surface area (Å²) in [5.41, 5.74) is 3.63. The van der Waals surface area contributed by atoms with E-state index >= 15 is 0 Å². The lowest BCUT2D eigenvalue weighted by Gasteiger charge is -2.36. The number of amides is 1. The molecule has 0 N–H and O–H groups in total. The molecule has 180 valence electrons. The SMILES string of the molecule is CCCN(Cc1c(C)nn(-c2ccccc2)c1N1CCN(CC)CC1)C(=O)c1ccccc1Cl. The van der Waals surface area contributed by atoms with Crippen molar-refractivity contribution in [3.63, 3.8) is 0 Å². The summed E-state index contributed by atoms with van der Waals surface area (Å²) in [4.78, 5) is 20.3. The molecule has 0 aliphatic carbocycles. The van der Waals surface area contributed by atoms with E-state index in [0.29, 0.717) is 23.7 Å². The van der Waals surface area contributed by atoms with Crippen molar-refractivity contribution in [1.82, 2.24) is 19.6 Å². The van der Waals surface area contributed by atoms with Crippen LogP contribution >= 0.6 is 11.6 Å². The van der Waals surface area contributed by atoms with E-state index in [2.05, 4.69) is 40.5 Å². The van der Waals surface area contributed by atoms with E-state index in [1.54, 1.807) is 12.1 Å². The van der Waals surface area contributed by atoms with E-state index in [-0.39, 0.29) is 5.91 Å². The van der Waals surface area contributed by atoms with Crippen molar-refractivity contribution < 1.29 is 4.79 Å². The average Bonchev–Trinajstić information content (AvgIpc) is 3.20. The van der Waals surface area contributed by atoms with Crippen LogP contribution in [0, 0.1) is 6.92 Å². The Labute approximate surface area is 207 Å². The summed E-state index contributed by atoms with van der Waals surface area (Å²) in [6.07, 6.45) is 0.868. The highest BCUT2D eigenvalue weighted by Crippen LogP contribution is 2.30. The van der Waals surface area contributed by atoms with Gasteiger partial charge in [-0.25, -0.2) is 4.68 Å². The molecule has 2 aromatic carbocycles. The van der Waals surface area contributed by atoms with Crippen LogP contribution in [-0.4, -0.2) is 64.8 Å². The molecule has 3 aromatic rings. The summed E-state index contributed by atoms with van der Waals surface area (Å²) in [6, 6.07) is 17.6. The maximum Gasteiger partial charge on any atom is 0.255 e. The van der Waals surface area contributed by atoms with Crippen LogP contribution in [0.15, 0.2) is 54.6 Å². The van der Waals surface area contributed by atoms with Crippen molar-refractivity contribution in [3.05, 3.63) is 76.4 Å². The predicted octanol–water partition coefficient (Wildman–Crippen LogP) is 5.03. The summed E-state index contributed by atoms with van der Waals surface area (Å²) >= 11 is 6.39. The fourth-order valence-electron chi connectivity index (χ4n) is 4.60. The predicted molar refractivity (Wildman–Crippen MR) is 139 cm³/mol. The molecule has 0 bridgehead atoms. The van der Waals surface area contributed by atoms with Gasteiger partial charge in [-0.2, -0.15) is 5.10 Å². The topological polar surface area (TPSA) is 44.6 Å². The molecule has 1 aliphatic rings. The van der Waals surface area contributed by atoms with Crippen LogP contribution < -0.4 is 4.90 Å². The zero-order chi connectivity index (χ0) is 24.1. The Morgan fingerprint density at radius 2 is 1.68 bits per heavy atom. The Kier molecular flexibility index (Phi) is 7.91. The van der Waals surface area contributed by atoms with Crippen molar-refractivity contribution in [2.45, 2.75) is 33.7 Å². The van der Waals surface area contributed by atoms with Crippen molar-refractivity contribution in [1.29, 1.82) is 0 Å². The molecule has 0 spiro atoms. The molecule has 1 saturated heterocycles. The summed E-state index contributed by atoms with van der Waals surface area (Å²) in [6.45, 7) is 12.5. The number of halogens is 1. The quantitative estimate of drug-likeness (QED) is 0.454. The van der Waals surface area contributed by atoms with Crippen LogP contribution in [0.2, 0.25) is 5.02 Å². The molecule has 0 unspecified atom stereocenters. The summed E-state index contributed by atoms with van der Waals surface area (Å²) in [7, 11) is 0. The van der Waals surface area contributed by atoms with Crippen LogP contribution in [0.3, 0.4) is 0 Å². The summed E-state index contributed by atoms with van der Waals surface area (Å²) < 4.78 is 2.05. The number of rotatable bonds is 8. The van der Waals surface area contributed by atoms with Gasteiger partial charge in [-0.15, -0.1) is 0 Å². The monoisotopic (exact) mass is 479 g/mol. The largest absolute Gasteiger partial charge is 0.354 e. The van der Waals surface area contributed by atoms with Crippen molar-refractivity contribution in [2.24, 2.45) is 0 Å². The van der Waals surface area contributed by atoms with Gasteiger partial charge in [0.25, 0.3) is 5.91 Å². The summed E-state index contributed by atoms with van der Waals surface area (Å²) in [5.74, 6) is 1.05. The van der Waals surface area contributed by atoms with Crippen LogP contribution in [0.4, 0.5) is 5.82 Å². The van der Waals surface area contributed by atoms with Crippen LogP contribution in [0.25, 0.3) is 5.69 Å². The maximum atomic E-state index is 13.5. The lowest BCUT2D eigenvalue weighted by molar-refractivity contribution is 0.0743. The van der Waals surface area contributed by atoms with Gasteiger partial charge in [0.1, 0.15) is 5.82 Å². The van der Waals surface area contributed by atoms with E-state index in [4.69, 9.17) is 16.7 Å². The second-order valence-electron chi connectivity index (χ2n) is 8.76. The van der Waals surface area contributed by atoms with Crippen LogP contribution in [0.1, 0.15) is 41.9 Å².